The van der Waals surface area contributed by atoms with Crippen LogP contribution in [0.25, 0.3) is 0 Å². The molecule has 0 aromatic heterocycles. The van der Waals surface area contributed by atoms with Gasteiger partial charge >= 0.3 is 0 Å². The highest BCUT2D eigenvalue weighted by Crippen LogP contribution is 2.29. The molecule has 0 radical (unpaired) electrons. The Bertz CT molecular complexity index is 879. The van der Waals surface area contributed by atoms with Crippen molar-refractivity contribution in [3.05, 3.63) is 71.8 Å². The number of hydrogen-bond acceptors (Lipinski definition) is 5. The molecule has 0 aliphatic carbocycles. The fraction of sp³-hybridized carbons (Fsp3) is 0.567. The summed E-state index contributed by atoms with van der Waals surface area (Å²) in [5, 5.41) is 0. The molecule has 36 heavy (non-hydrogen) atoms. The first-order chi connectivity index (χ1) is 17.8. The predicted octanol–water partition coefficient (Wildman–Crippen LogP) is 3.35. The van der Waals surface area contributed by atoms with Gasteiger partial charge < -0.3 is 9.64 Å². The van der Waals surface area contributed by atoms with Crippen LogP contribution in [0.5, 0.6) is 0 Å². The Morgan fingerprint density at radius 2 is 1.33 bits per heavy atom. The molecule has 3 aliphatic heterocycles. The number of carbonyl (C=O) groups excluding carboxylic acids is 1. The van der Waals surface area contributed by atoms with Crippen LogP contribution in [0.4, 0.5) is 0 Å². The molecule has 3 saturated heterocycles. The predicted molar refractivity (Wildman–Crippen MR) is 144 cm³/mol. The van der Waals surface area contributed by atoms with Crippen LogP contribution in [-0.4, -0.2) is 104 Å². The van der Waals surface area contributed by atoms with Gasteiger partial charge in [-0.25, -0.2) is 0 Å². The number of ether oxygens (including phenoxy) is 1. The van der Waals surface area contributed by atoms with E-state index in [1.807, 2.05) is 0 Å². The normalized spacial score (nSPS) is 21.2. The Kier molecular flexibility index (Phi) is 9.04. The number of piperazine rings is 1. The Hall–Kier alpha value is -2.25. The molecule has 3 fully saturated rings. The molecule has 1 amide bonds. The first-order valence-corrected chi connectivity index (χ1v) is 13.9. The van der Waals surface area contributed by atoms with Crippen molar-refractivity contribution in [1.82, 2.24) is 19.6 Å². The zero-order valence-corrected chi connectivity index (χ0v) is 21.6. The zero-order chi connectivity index (χ0) is 24.6. The van der Waals surface area contributed by atoms with Crippen LogP contribution >= 0.6 is 0 Å². The van der Waals surface area contributed by atoms with Crippen molar-refractivity contribution in [1.29, 1.82) is 0 Å². The van der Waals surface area contributed by atoms with Gasteiger partial charge in [-0.3, -0.25) is 19.5 Å². The Morgan fingerprint density at radius 1 is 0.750 bits per heavy atom. The monoisotopic (exact) mass is 490 g/mol. The maximum absolute atomic E-state index is 13.1. The summed E-state index contributed by atoms with van der Waals surface area (Å²) in [6.07, 6.45) is 3.73. The van der Waals surface area contributed by atoms with E-state index in [0.717, 1.165) is 71.5 Å². The Labute approximate surface area is 216 Å². The van der Waals surface area contributed by atoms with E-state index in [1.54, 1.807) is 0 Å². The van der Waals surface area contributed by atoms with Crippen molar-refractivity contribution < 1.29 is 9.53 Å². The van der Waals surface area contributed by atoms with E-state index in [1.165, 1.54) is 36.9 Å². The summed E-state index contributed by atoms with van der Waals surface area (Å²) >= 11 is 0. The second kappa shape index (κ2) is 12.8. The second-order valence-electron chi connectivity index (χ2n) is 10.6. The minimum absolute atomic E-state index is 0.237. The smallest absolute Gasteiger partial charge is 0.236 e. The Balaban J connectivity index is 1.07. The molecule has 2 aromatic carbocycles. The van der Waals surface area contributed by atoms with E-state index in [2.05, 4.69) is 80.3 Å². The lowest BCUT2D eigenvalue weighted by molar-refractivity contribution is -0.134. The van der Waals surface area contributed by atoms with E-state index in [9.17, 15) is 4.79 Å². The Morgan fingerprint density at radius 3 is 1.92 bits per heavy atom. The number of piperidine rings is 1. The van der Waals surface area contributed by atoms with Gasteiger partial charge in [0.25, 0.3) is 0 Å². The van der Waals surface area contributed by atoms with Crippen LogP contribution in [-0.2, 0) is 9.53 Å². The van der Waals surface area contributed by atoms with Gasteiger partial charge in [0.1, 0.15) is 0 Å². The molecule has 6 heteroatoms. The lowest BCUT2D eigenvalue weighted by Gasteiger charge is -2.40. The molecule has 2 aromatic rings. The molecule has 0 N–H and O–H groups in total. The zero-order valence-electron chi connectivity index (χ0n) is 21.6. The van der Waals surface area contributed by atoms with E-state index in [4.69, 9.17) is 4.74 Å². The third kappa shape index (κ3) is 6.74. The first-order valence-electron chi connectivity index (χ1n) is 13.9. The van der Waals surface area contributed by atoms with Gasteiger partial charge in [0.05, 0.1) is 25.8 Å². The van der Waals surface area contributed by atoms with E-state index in [-0.39, 0.29) is 6.04 Å². The van der Waals surface area contributed by atoms with Crippen LogP contribution in [0.15, 0.2) is 60.7 Å². The fourth-order valence-electron chi connectivity index (χ4n) is 6.03. The number of morpholine rings is 1. The highest BCUT2D eigenvalue weighted by atomic mass is 16.5. The van der Waals surface area contributed by atoms with Crippen molar-refractivity contribution in [3.8, 4) is 0 Å². The number of likely N-dealkylation sites (tertiary alicyclic amines) is 1. The fourth-order valence-corrected chi connectivity index (χ4v) is 6.03. The second-order valence-corrected chi connectivity index (χ2v) is 10.6. The van der Waals surface area contributed by atoms with Crippen molar-refractivity contribution in [2.75, 3.05) is 78.7 Å². The maximum atomic E-state index is 13.1. The quantitative estimate of drug-likeness (QED) is 0.568. The summed E-state index contributed by atoms with van der Waals surface area (Å²) in [5.41, 5.74) is 2.64. The summed E-state index contributed by atoms with van der Waals surface area (Å²) in [7, 11) is 0. The molecule has 0 atom stereocenters. The maximum Gasteiger partial charge on any atom is 0.236 e. The number of hydrogen-bond donors (Lipinski definition) is 0. The minimum Gasteiger partial charge on any atom is -0.379 e. The third-order valence-electron chi connectivity index (χ3n) is 8.29. The van der Waals surface area contributed by atoms with Gasteiger partial charge in [0.15, 0.2) is 0 Å². The standard InChI is InChI=1S/C30H42N4O2/c35-29(25-32-15-12-26(13-16-32)11-14-31-21-23-36-24-22-31)33-17-19-34(20-18-33)30(27-7-3-1-4-8-27)28-9-5-2-6-10-28/h1-10,26,30H,11-25H2. The highest BCUT2D eigenvalue weighted by Gasteiger charge is 2.29. The molecule has 6 nitrogen and oxygen atoms in total. The van der Waals surface area contributed by atoms with Gasteiger partial charge in [-0.2, -0.15) is 0 Å². The largest absolute Gasteiger partial charge is 0.379 e. The van der Waals surface area contributed by atoms with Gasteiger partial charge in [0.2, 0.25) is 5.91 Å². The molecule has 0 bridgehead atoms. The number of nitrogens with zero attached hydrogens (tertiary/aromatic N) is 4. The van der Waals surface area contributed by atoms with Crippen molar-refractivity contribution >= 4 is 5.91 Å². The summed E-state index contributed by atoms with van der Waals surface area (Å²) in [5.74, 6) is 1.10. The summed E-state index contributed by atoms with van der Waals surface area (Å²) < 4.78 is 5.46. The number of rotatable bonds is 8. The summed E-state index contributed by atoms with van der Waals surface area (Å²) in [4.78, 5) is 22.7. The SMILES string of the molecule is O=C(CN1CCC(CCN2CCOCC2)CC1)N1CCN(C(c2ccccc2)c2ccccc2)CC1. The van der Waals surface area contributed by atoms with E-state index in [0.29, 0.717) is 12.5 Å². The van der Waals surface area contributed by atoms with E-state index >= 15 is 0 Å². The van der Waals surface area contributed by atoms with Gasteiger partial charge in [0, 0.05) is 39.3 Å². The van der Waals surface area contributed by atoms with Crippen LogP contribution < -0.4 is 0 Å². The molecule has 3 aliphatic rings. The van der Waals surface area contributed by atoms with Gasteiger partial charge in [-0.05, 0) is 55.9 Å². The third-order valence-corrected chi connectivity index (χ3v) is 8.29. The number of carbonyl (C=O) groups is 1. The molecule has 0 saturated carbocycles. The molecular formula is C30H42N4O2. The van der Waals surface area contributed by atoms with Crippen LogP contribution in [0.3, 0.4) is 0 Å². The first kappa shape index (κ1) is 25.4. The topological polar surface area (TPSA) is 39.3 Å². The average Bonchev–Trinajstić information content (AvgIpc) is 2.95. The number of amides is 1. The average molecular weight is 491 g/mol. The number of benzene rings is 2. The molecule has 0 unspecified atom stereocenters. The summed E-state index contributed by atoms with van der Waals surface area (Å²) in [6.45, 7) is 11.3. The van der Waals surface area contributed by atoms with Crippen LogP contribution in [0.1, 0.15) is 36.4 Å². The van der Waals surface area contributed by atoms with Gasteiger partial charge in [-0.1, -0.05) is 60.7 Å². The molecule has 0 spiro atoms. The minimum atomic E-state index is 0.237. The molecule has 3 heterocycles. The van der Waals surface area contributed by atoms with Gasteiger partial charge in [-0.15, -0.1) is 0 Å². The van der Waals surface area contributed by atoms with Crippen LogP contribution in [0, 0.1) is 5.92 Å². The van der Waals surface area contributed by atoms with Crippen LogP contribution in [0.2, 0.25) is 0 Å². The van der Waals surface area contributed by atoms with Crippen molar-refractivity contribution in [2.24, 2.45) is 5.92 Å². The summed E-state index contributed by atoms with van der Waals surface area (Å²) in [6, 6.07) is 21.8. The molecular weight excluding hydrogens is 448 g/mol. The van der Waals surface area contributed by atoms with E-state index < -0.39 is 0 Å². The lowest BCUT2D eigenvalue weighted by Crippen LogP contribution is -2.52. The molecule has 5 rings (SSSR count). The van der Waals surface area contributed by atoms with Crippen molar-refractivity contribution in [2.45, 2.75) is 25.3 Å². The molecule has 194 valence electrons. The lowest BCUT2D eigenvalue weighted by atomic mass is 9.93. The van der Waals surface area contributed by atoms with Crippen molar-refractivity contribution in [3.63, 3.8) is 0 Å². The highest BCUT2D eigenvalue weighted by molar-refractivity contribution is 5.78.